The fourth-order valence-electron chi connectivity index (χ4n) is 2.24. The lowest BCUT2D eigenvalue weighted by Crippen LogP contribution is -2.10. The van der Waals surface area contributed by atoms with E-state index < -0.39 is 0 Å². The topological polar surface area (TPSA) is 17.3 Å². The van der Waals surface area contributed by atoms with E-state index in [0.717, 1.165) is 10.7 Å². The maximum Gasteiger partial charge on any atom is 0.194 e. The zero-order valence-electron chi connectivity index (χ0n) is 11.9. The molecule has 0 N–H and O–H groups in total. The minimum Gasteiger partial charge on any atom is -0.290 e. The number of fused-ring (bicyclic) bond motifs is 1. The highest BCUT2D eigenvalue weighted by molar-refractivity contribution is 7.15. The lowest BCUT2D eigenvalue weighted by molar-refractivity contribution is 0.590. The second kappa shape index (κ2) is 4.90. The SMILES string of the molecule is CC(C)(C)c1ccc(-c2csc3nc(CCl)cn23)cc1. The Hall–Kier alpha value is -1.32. The molecule has 2 nitrogen and oxygen atoms in total. The molecule has 4 heteroatoms. The third kappa shape index (κ3) is 2.36. The summed E-state index contributed by atoms with van der Waals surface area (Å²) in [7, 11) is 0. The van der Waals surface area contributed by atoms with Gasteiger partial charge in [-0.05, 0) is 16.5 Å². The Kier molecular flexibility index (Phi) is 3.35. The zero-order valence-corrected chi connectivity index (χ0v) is 13.4. The fourth-order valence-corrected chi connectivity index (χ4v) is 3.27. The van der Waals surface area contributed by atoms with Crippen LogP contribution in [0.15, 0.2) is 35.8 Å². The Morgan fingerprint density at radius 1 is 1.20 bits per heavy atom. The van der Waals surface area contributed by atoms with E-state index in [9.17, 15) is 0 Å². The Balaban J connectivity index is 2.04. The summed E-state index contributed by atoms with van der Waals surface area (Å²) in [5.41, 5.74) is 4.84. The molecule has 0 atom stereocenters. The van der Waals surface area contributed by atoms with Gasteiger partial charge in [-0.3, -0.25) is 4.40 Å². The first kappa shape index (κ1) is 13.7. The molecule has 0 amide bonds. The maximum absolute atomic E-state index is 5.85. The van der Waals surface area contributed by atoms with Gasteiger partial charge in [0.05, 0.1) is 17.3 Å². The molecule has 3 aromatic rings. The van der Waals surface area contributed by atoms with Crippen LogP contribution >= 0.6 is 22.9 Å². The number of hydrogen-bond donors (Lipinski definition) is 0. The molecule has 2 aromatic heterocycles. The second-order valence-electron chi connectivity index (χ2n) is 5.97. The summed E-state index contributed by atoms with van der Waals surface area (Å²) in [4.78, 5) is 5.48. The number of halogens is 1. The van der Waals surface area contributed by atoms with Gasteiger partial charge in [-0.1, -0.05) is 45.0 Å². The summed E-state index contributed by atoms with van der Waals surface area (Å²) in [6.07, 6.45) is 2.02. The molecule has 3 rings (SSSR count). The predicted octanol–water partition coefficient (Wildman–Crippen LogP) is 5.10. The second-order valence-corrected chi connectivity index (χ2v) is 7.07. The van der Waals surface area contributed by atoms with Gasteiger partial charge in [0.1, 0.15) is 0 Å². The van der Waals surface area contributed by atoms with Crippen LogP contribution in [0.5, 0.6) is 0 Å². The van der Waals surface area contributed by atoms with Crippen LogP contribution in [-0.2, 0) is 11.3 Å². The minimum absolute atomic E-state index is 0.184. The monoisotopic (exact) mass is 304 g/mol. The molecule has 0 saturated carbocycles. The molecule has 0 spiro atoms. The Morgan fingerprint density at radius 2 is 1.90 bits per heavy atom. The van der Waals surface area contributed by atoms with Crippen LogP contribution in [0.2, 0.25) is 0 Å². The molecule has 2 heterocycles. The highest BCUT2D eigenvalue weighted by atomic mass is 35.5. The van der Waals surface area contributed by atoms with Crippen LogP contribution in [0.4, 0.5) is 0 Å². The van der Waals surface area contributed by atoms with Crippen molar-refractivity contribution in [1.82, 2.24) is 9.38 Å². The molecule has 1 aromatic carbocycles. The molecule has 0 unspecified atom stereocenters. The van der Waals surface area contributed by atoms with Crippen molar-refractivity contribution >= 4 is 27.9 Å². The van der Waals surface area contributed by atoms with E-state index in [-0.39, 0.29) is 5.41 Å². The molecular formula is C16H17ClN2S. The normalized spacial score (nSPS) is 12.2. The third-order valence-electron chi connectivity index (χ3n) is 3.44. The van der Waals surface area contributed by atoms with Crippen LogP contribution < -0.4 is 0 Å². The summed E-state index contributed by atoms with van der Waals surface area (Å²) < 4.78 is 2.12. The largest absolute Gasteiger partial charge is 0.290 e. The van der Waals surface area contributed by atoms with Crippen molar-refractivity contribution in [2.45, 2.75) is 32.1 Å². The summed E-state index contributed by atoms with van der Waals surface area (Å²) in [5, 5.41) is 2.15. The van der Waals surface area contributed by atoms with E-state index in [4.69, 9.17) is 11.6 Å². The van der Waals surface area contributed by atoms with Crippen molar-refractivity contribution < 1.29 is 0 Å². The molecule has 0 saturated heterocycles. The van der Waals surface area contributed by atoms with E-state index in [2.05, 4.69) is 59.8 Å². The number of hydrogen-bond acceptors (Lipinski definition) is 2. The van der Waals surface area contributed by atoms with Crippen LogP contribution in [0, 0.1) is 0 Å². The molecule has 104 valence electrons. The van der Waals surface area contributed by atoms with Crippen molar-refractivity contribution in [3.8, 4) is 11.3 Å². The summed E-state index contributed by atoms with van der Waals surface area (Å²) >= 11 is 7.50. The lowest BCUT2D eigenvalue weighted by Gasteiger charge is -2.19. The highest BCUT2D eigenvalue weighted by Crippen LogP contribution is 2.29. The molecule has 20 heavy (non-hydrogen) atoms. The van der Waals surface area contributed by atoms with E-state index in [1.165, 1.54) is 16.8 Å². The van der Waals surface area contributed by atoms with Crippen LogP contribution in [0.1, 0.15) is 32.0 Å². The van der Waals surface area contributed by atoms with Crippen LogP contribution in [0.3, 0.4) is 0 Å². The Labute approximate surface area is 128 Å². The van der Waals surface area contributed by atoms with Gasteiger partial charge >= 0.3 is 0 Å². The summed E-state index contributed by atoms with van der Waals surface area (Å²) in [6, 6.07) is 8.78. The van der Waals surface area contributed by atoms with Gasteiger partial charge in [-0.25, -0.2) is 4.98 Å². The van der Waals surface area contributed by atoms with Gasteiger partial charge in [0.25, 0.3) is 0 Å². The van der Waals surface area contributed by atoms with Gasteiger partial charge in [0.2, 0.25) is 0 Å². The zero-order chi connectivity index (χ0) is 14.3. The molecule has 0 aliphatic carbocycles. The van der Waals surface area contributed by atoms with Crippen LogP contribution in [0.25, 0.3) is 16.2 Å². The van der Waals surface area contributed by atoms with Crippen molar-refractivity contribution in [2.75, 3.05) is 0 Å². The minimum atomic E-state index is 0.184. The molecule has 0 radical (unpaired) electrons. The molecule has 0 fully saturated rings. The molecular weight excluding hydrogens is 288 g/mol. The van der Waals surface area contributed by atoms with E-state index in [0.29, 0.717) is 5.88 Å². The quantitative estimate of drug-likeness (QED) is 0.602. The number of alkyl halides is 1. The van der Waals surface area contributed by atoms with Crippen molar-refractivity contribution in [1.29, 1.82) is 0 Å². The van der Waals surface area contributed by atoms with E-state index in [1.54, 1.807) is 11.3 Å². The summed E-state index contributed by atoms with van der Waals surface area (Å²) in [5.74, 6) is 0.455. The number of nitrogens with zero attached hydrogens (tertiary/aromatic N) is 2. The molecule has 0 aliphatic rings. The molecule has 0 aliphatic heterocycles. The first-order valence-electron chi connectivity index (χ1n) is 6.61. The third-order valence-corrected chi connectivity index (χ3v) is 4.56. The first-order chi connectivity index (χ1) is 9.49. The predicted molar refractivity (Wildman–Crippen MR) is 86.8 cm³/mol. The van der Waals surface area contributed by atoms with Gasteiger partial charge in [-0.15, -0.1) is 22.9 Å². The average molecular weight is 305 g/mol. The Bertz CT molecular complexity index is 732. The van der Waals surface area contributed by atoms with Gasteiger partial charge in [-0.2, -0.15) is 0 Å². The van der Waals surface area contributed by atoms with Gasteiger partial charge in [0.15, 0.2) is 4.96 Å². The average Bonchev–Trinajstić information content (AvgIpc) is 2.97. The smallest absolute Gasteiger partial charge is 0.194 e. The summed E-state index contributed by atoms with van der Waals surface area (Å²) in [6.45, 7) is 6.69. The first-order valence-corrected chi connectivity index (χ1v) is 8.03. The van der Waals surface area contributed by atoms with Crippen LogP contribution in [-0.4, -0.2) is 9.38 Å². The number of thiazole rings is 1. The number of imidazole rings is 1. The van der Waals surface area contributed by atoms with Gasteiger partial charge < -0.3 is 0 Å². The van der Waals surface area contributed by atoms with Crippen molar-refractivity contribution in [2.24, 2.45) is 0 Å². The lowest BCUT2D eigenvalue weighted by atomic mass is 9.86. The van der Waals surface area contributed by atoms with E-state index in [1.807, 2.05) is 6.20 Å². The number of aromatic nitrogens is 2. The Morgan fingerprint density at radius 3 is 2.50 bits per heavy atom. The number of rotatable bonds is 2. The number of benzene rings is 1. The highest BCUT2D eigenvalue weighted by Gasteiger charge is 2.14. The molecule has 0 bridgehead atoms. The standard InChI is InChI=1S/C16H17ClN2S/c1-16(2,3)12-6-4-11(5-7-12)14-10-20-15-18-13(8-17)9-19(14)15/h4-7,9-10H,8H2,1-3H3. The fraction of sp³-hybridized carbons (Fsp3) is 0.312. The van der Waals surface area contributed by atoms with Crippen molar-refractivity contribution in [3.63, 3.8) is 0 Å². The van der Waals surface area contributed by atoms with E-state index >= 15 is 0 Å². The maximum atomic E-state index is 5.85. The van der Waals surface area contributed by atoms with Gasteiger partial charge in [0, 0.05) is 11.6 Å². The van der Waals surface area contributed by atoms with Crippen molar-refractivity contribution in [3.05, 3.63) is 47.1 Å².